The van der Waals surface area contributed by atoms with Crippen LogP contribution in [0.3, 0.4) is 0 Å². The predicted molar refractivity (Wildman–Crippen MR) is 86.7 cm³/mol. The van der Waals surface area contributed by atoms with Crippen LogP contribution in [0.25, 0.3) is 0 Å². The number of anilines is 1. The van der Waals surface area contributed by atoms with Gasteiger partial charge in [0.05, 0.1) is 12.2 Å². The van der Waals surface area contributed by atoms with Gasteiger partial charge in [-0.25, -0.2) is 4.98 Å². The summed E-state index contributed by atoms with van der Waals surface area (Å²) in [7, 11) is 0. The minimum absolute atomic E-state index is 0.162. The molecule has 0 aliphatic heterocycles. The zero-order chi connectivity index (χ0) is 15.4. The molecule has 2 aromatic rings. The van der Waals surface area contributed by atoms with E-state index in [1.807, 2.05) is 32.9 Å². The van der Waals surface area contributed by atoms with E-state index in [4.69, 9.17) is 5.73 Å². The third-order valence-electron chi connectivity index (χ3n) is 3.06. The number of hydrogen-bond donors (Lipinski definition) is 2. The fraction of sp³-hybridized carbons (Fsp3) is 0.250. The number of nitrogens with one attached hydrogen (secondary N) is 1. The number of benzene rings is 1. The maximum Gasteiger partial charge on any atom is 0.257 e. The average Bonchev–Trinajstić information content (AvgIpc) is 2.75. The summed E-state index contributed by atoms with van der Waals surface area (Å²) in [6.45, 7) is 6.16. The number of carbonyl (C=O) groups excluding carboxylic acids is 1. The molecule has 0 unspecified atom stereocenters. The molecule has 0 saturated heterocycles. The van der Waals surface area contributed by atoms with Gasteiger partial charge >= 0.3 is 0 Å². The van der Waals surface area contributed by atoms with Crippen molar-refractivity contribution in [3.63, 3.8) is 0 Å². The number of carbonyl (C=O) groups is 1. The first-order valence-corrected chi connectivity index (χ1v) is 7.38. The molecule has 0 atom stereocenters. The minimum Gasteiger partial charge on any atom is -0.320 e. The zero-order valence-corrected chi connectivity index (χ0v) is 13.1. The Morgan fingerprint density at radius 3 is 2.71 bits per heavy atom. The molecular weight excluding hydrogens is 282 g/mol. The topological polar surface area (TPSA) is 68.0 Å². The normalized spacial score (nSPS) is 9.90. The monoisotopic (exact) mass is 299 g/mol. The first-order chi connectivity index (χ1) is 10.0. The van der Waals surface area contributed by atoms with Crippen LogP contribution in [-0.4, -0.2) is 17.4 Å². The zero-order valence-electron chi connectivity index (χ0n) is 12.3. The Morgan fingerprint density at radius 1 is 1.38 bits per heavy atom. The van der Waals surface area contributed by atoms with E-state index in [-0.39, 0.29) is 5.91 Å². The fourth-order valence-electron chi connectivity index (χ4n) is 1.79. The van der Waals surface area contributed by atoms with Crippen LogP contribution in [-0.2, 0) is 0 Å². The van der Waals surface area contributed by atoms with Gasteiger partial charge in [-0.15, -0.1) is 11.3 Å². The Bertz CT molecular complexity index is 718. The third kappa shape index (κ3) is 3.69. The maximum absolute atomic E-state index is 12.2. The van der Waals surface area contributed by atoms with Crippen molar-refractivity contribution >= 4 is 22.4 Å². The summed E-state index contributed by atoms with van der Waals surface area (Å²) in [6.07, 6.45) is 0. The van der Waals surface area contributed by atoms with E-state index in [2.05, 4.69) is 22.1 Å². The van der Waals surface area contributed by atoms with Gasteiger partial charge in [0, 0.05) is 16.0 Å². The van der Waals surface area contributed by atoms with Crippen LogP contribution in [0.2, 0.25) is 0 Å². The van der Waals surface area contributed by atoms with Crippen molar-refractivity contribution in [2.45, 2.75) is 20.8 Å². The largest absolute Gasteiger partial charge is 0.320 e. The SMILES string of the molecule is Cc1cc(C(=O)Nc2nc(C)c(C)s2)ccc1C#CCN. The first kappa shape index (κ1) is 15.2. The fourth-order valence-corrected chi connectivity index (χ4v) is 2.60. The molecule has 0 radical (unpaired) electrons. The third-order valence-corrected chi connectivity index (χ3v) is 4.05. The number of aromatic nitrogens is 1. The van der Waals surface area contributed by atoms with Gasteiger partial charge in [-0.1, -0.05) is 11.8 Å². The van der Waals surface area contributed by atoms with Crippen LogP contribution in [0.1, 0.15) is 32.1 Å². The van der Waals surface area contributed by atoms with Crippen LogP contribution < -0.4 is 11.1 Å². The Hall–Kier alpha value is -2.16. The van der Waals surface area contributed by atoms with Crippen LogP contribution in [0.4, 0.5) is 5.13 Å². The number of nitrogens with zero attached hydrogens (tertiary/aromatic N) is 1. The highest BCUT2D eigenvalue weighted by Gasteiger charge is 2.11. The molecule has 3 N–H and O–H groups in total. The van der Waals surface area contributed by atoms with Gasteiger partial charge in [0.2, 0.25) is 0 Å². The molecule has 21 heavy (non-hydrogen) atoms. The molecule has 1 amide bonds. The van der Waals surface area contributed by atoms with Crippen LogP contribution >= 0.6 is 11.3 Å². The van der Waals surface area contributed by atoms with Crippen LogP contribution in [0.15, 0.2) is 18.2 Å². The summed E-state index contributed by atoms with van der Waals surface area (Å²) in [5.74, 6) is 5.63. The number of hydrogen-bond acceptors (Lipinski definition) is 4. The van der Waals surface area contributed by atoms with Gasteiger partial charge in [-0.05, 0) is 44.5 Å². The number of rotatable bonds is 2. The molecule has 4 nitrogen and oxygen atoms in total. The second-order valence-electron chi connectivity index (χ2n) is 4.65. The molecule has 1 aromatic carbocycles. The van der Waals surface area contributed by atoms with Crippen LogP contribution in [0.5, 0.6) is 0 Å². The average molecular weight is 299 g/mol. The number of nitrogens with two attached hydrogens (primary N) is 1. The highest BCUT2D eigenvalue weighted by atomic mass is 32.1. The molecule has 2 rings (SSSR count). The second kappa shape index (κ2) is 6.53. The van der Waals surface area contributed by atoms with Crippen molar-refractivity contribution in [2.75, 3.05) is 11.9 Å². The molecule has 0 aliphatic rings. The van der Waals surface area contributed by atoms with Crippen molar-refractivity contribution in [1.82, 2.24) is 4.98 Å². The molecule has 0 bridgehead atoms. The van der Waals surface area contributed by atoms with Crippen molar-refractivity contribution in [3.8, 4) is 11.8 Å². The van der Waals surface area contributed by atoms with Gasteiger partial charge in [0.15, 0.2) is 5.13 Å². The van der Waals surface area contributed by atoms with Gasteiger partial charge in [0.1, 0.15) is 0 Å². The van der Waals surface area contributed by atoms with Gasteiger partial charge in [-0.3, -0.25) is 10.1 Å². The molecule has 5 heteroatoms. The Kier molecular flexibility index (Phi) is 4.73. The van der Waals surface area contributed by atoms with Gasteiger partial charge in [0.25, 0.3) is 5.91 Å². The van der Waals surface area contributed by atoms with E-state index in [0.717, 1.165) is 21.7 Å². The Balaban J connectivity index is 2.18. The standard InChI is InChI=1S/C16H17N3OS/c1-10-9-14(7-6-13(10)5-4-8-17)15(20)19-16-18-11(2)12(3)21-16/h6-7,9H,8,17H2,1-3H3,(H,18,19,20). The summed E-state index contributed by atoms with van der Waals surface area (Å²) in [5.41, 5.74) is 8.74. The number of thiazole rings is 1. The molecule has 1 aromatic heterocycles. The van der Waals surface area contributed by atoms with Crippen molar-refractivity contribution in [2.24, 2.45) is 5.73 Å². The summed E-state index contributed by atoms with van der Waals surface area (Å²) in [6, 6.07) is 5.42. The van der Waals surface area contributed by atoms with E-state index in [1.165, 1.54) is 11.3 Å². The Morgan fingerprint density at radius 2 is 2.14 bits per heavy atom. The second-order valence-corrected chi connectivity index (χ2v) is 5.85. The molecule has 0 aliphatic carbocycles. The van der Waals surface area contributed by atoms with E-state index in [1.54, 1.807) is 6.07 Å². The van der Waals surface area contributed by atoms with Gasteiger partial charge in [-0.2, -0.15) is 0 Å². The molecule has 0 saturated carbocycles. The smallest absolute Gasteiger partial charge is 0.257 e. The van der Waals surface area contributed by atoms with Crippen molar-refractivity contribution < 1.29 is 4.79 Å². The number of amides is 1. The van der Waals surface area contributed by atoms with E-state index >= 15 is 0 Å². The molecular formula is C16H17N3OS. The molecule has 0 fully saturated rings. The van der Waals surface area contributed by atoms with Crippen LogP contribution in [0, 0.1) is 32.6 Å². The highest BCUT2D eigenvalue weighted by molar-refractivity contribution is 7.15. The molecule has 1 heterocycles. The van der Waals surface area contributed by atoms with E-state index in [9.17, 15) is 4.79 Å². The lowest BCUT2D eigenvalue weighted by molar-refractivity contribution is 0.102. The minimum atomic E-state index is -0.162. The van der Waals surface area contributed by atoms with Gasteiger partial charge < -0.3 is 5.73 Å². The highest BCUT2D eigenvalue weighted by Crippen LogP contribution is 2.22. The lowest BCUT2D eigenvalue weighted by Gasteiger charge is -2.04. The quantitative estimate of drug-likeness (QED) is 0.838. The lowest BCUT2D eigenvalue weighted by atomic mass is 10.1. The van der Waals surface area contributed by atoms with Crippen molar-refractivity contribution in [3.05, 3.63) is 45.5 Å². The van der Waals surface area contributed by atoms with E-state index in [0.29, 0.717) is 17.2 Å². The predicted octanol–water partition coefficient (Wildman–Crippen LogP) is 2.63. The summed E-state index contributed by atoms with van der Waals surface area (Å²) >= 11 is 1.48. The first-order valence-electron chi connectivity index (χ1n) is 6.56. The van der Waals surface area contributed by atoms with E-state index < -0.39 is 0 Å². The maximum atomic E-state index is 12.2. The number of aryl methyl sites for hydroxylation is 3. The lowest BCUT2D eigenvalue weighted by Crippen LogP contribution is -2.12. The summed E-state index contributed by atoms with van der Waals surface area (Å²) in [4.78, 5) is 17.6. The van der Waals surface area contributed by atoms with Crippen molar-refractivity contribution in [1.29, 1.82) is 0 Å². The summed E-state index contributed by atoms with van der Waals surface area (Å²) < 4.78 is 0. The Labute approximate surface area is 128 Å². The summed E-state index contributed by atoms with van der Waals surface area (Å²) in [5, 5.41) is 3.45. The molecule has 0 spiro atoms. The molecule has 108 valence electrons.